The van der Waals surface area contributed by atoms with Crippen molar-refractivity contribution in [3.05, 3.63) is 28.6 Å². The highest BCUT2D eigenvalue weighted by atomic mass is 16.5. The number of ether oxygens (including phenoxy) is 2. The lowest BCUT2D eigenvalue weighted by Crippen LogP contribution is -2.21. The molecule has 5 nitrogen and oxygen atoms in total. The number of aryl methyl sites for hydroxylation is 1. The lowest BCUT2D eigenvalue weighted by atomic mass is 10.1. The highest BCUT2D eigenvalue weighted by Crippen LogP contribution is 2.34. The van der Waals surface area contributed by atoms with E-state index >= 15 is 0 Å². The minimum Gasteiger partial charge on any atom is -0.500 e. The molecule has 0 aliphatic heterocycles. The molecule has 180 valence electrons. The molecule has 0 aliphatic carbocycles. The van der Waals surface area contributed by atoms with E-state index in [0.29, 0.717) is 25.5 Å². The van der Waals surface area contributed by atoms with Crippen LogP contribution in [0.5, 0.6) is 17.2 Å². The summed E-state index contributed by atoms with van der Waals surface area (Å²) >= 11 is 0. The van der Waals surface area contributed by atoms with E-state index in [4.69, 9.17) is 9.47 Å². The molecular formula is C27H43NO4. The molecule has 1 heterocycles. The first-order valence-corrected chi connectivity index (χ1v) is 12.8. The van der Waals surface area contributed by atoms with Gasteiger partial charge in [0.25, 0.3) is 5.56 Å². The van der Waals surface area contributed by atoms with E-state index < -0.39 is 0 Å². The predicted octanol–water partition coefficient (Wildman–Crippen LogP) is 7.21. The number of pyridine rings is 1. The minimum atomic E-state index is -0.377. The minimum absolute atomic E-state index is 0.284. The van der Waals surface area contributed by atoms with Crippen molar-refractivity contribution in [1.82, 2.24) is 4.57 Å². The molecule has 0 unspecified atom stereocenters. The number of aromatic nitrogens is 1. The van der Waals surface area contributed by atoms with Crippen molar-refractivity contribution in [2.75, 3.05) is 13.2 Å². The van der Waals surface area contributed by atoms with E-state index in [9.17, 15) is 9.90 Å². The second-order valence-electron chi connectivity index (χ2n) is 8.69. The van der Waals surface area contributed by atoms with Crippen molar-refractivity contribution in [3.63, 3.8) is 0 Å². The Morgan fingerprint density at radius 2 is 1.41 bits per heavy atom. The third kappa shape index (κ3) is 7.75. The lowest BCUT2D eigenvalue weighted by Gasteiger charge is -2.17. The largest absolute Gasteiger partial charge is 0.500 e. The number of benzene rings is 1. The number of aromatic hydroxyl groups is 1. The third-order valence-corrected chi connectivity index (χ3v) is 5.91. The number of rotatable bonds is 17. The van der Waals surface area contributed by atoms with Gasteiger partial charge in [-0.05, 0) is 31.4 Å². The fourth-order valence-corrected chi connectivity index (χ4v) is 3.93. The van der Waals surface area contributed by atoms with Crippen molar-refractivity contribution in [3.8, 4) is 17.2 Å². The number of hydrogen-bond donors (Lipinski definition) is 1. The SMILES string of the molecule is CCCCCCCCn1c(=O)c(O)c(OCCCC)c2ccc(OCCCCCC)cc21. The molecular weight excluding hydrogens is 402 g/mol. The normalized spacial score (nSPS) is 11.2. The fourth-order valence-electron chi connectivity index (χ4n) is 3.93. The predicted molar refractivity (Wildman–Crippen MR) is 133 cm³/mol. The molecule has 2 aromatic rings. The van der Waals surface area contributed by atoms with Crippen LogP contribution in [0, 0.1) is 0 Å². The lowest BCUT2D eigenvalue weighted by molar-refractivity contribution is 0.293. The summed E-state index contributed by atoms with van der Waals surface area (Å²) in [5.74, 6) is 0.773. The van der Waals surface area contributed by atoms with E-state index in [0.717, 1.165) is 55.2 Å². The van der Waals surface area contributed by atoms with Gasteiger partial charge in [-0.3, -0.25) is 4.79 Å². The van der Waals surface area contributed by atoms with Crippen molar-refractivity contribution < 1.29 is 14.6 Å². The maximum atomic E-state index is 13.0. The molecule has 2 rings (SSSR count). The molecule has 0 saturated heterocycles. The molecule has 0 spiro atoms. The summed E-state index contributed by atoms with van der Waals surface area (Å²) in [5, 5.41) is 11.4. The molecule has 0 bridgehead atoms. The van der Waals surface area contributed by atoms with Crippen LogP contribution >= 0.6 is 0 Å². The quantitative estimate of drug-likeness (QED) is 0.261. The van der Waals surface area contributed by atoms with Gasteiger partial charge in [-0.1, -0.05) is 78.6 Å². The van der Waals surface area contributed by atoms with E-state index in [1.807, 2.05) is 18.2 Å². The molecule has 0 radical (unpaired) electrons. The summed E-state index contributed by atoms with van der Waals surface area (Å²) in [7, 11) is 0. The topological polar surface area (TPSA) is 60.7 Å². The molecule has 1 aromatic carbocycles. The molecule has 0 saturated carbocycles. The second-order valence-corrected chi connectivity index (χ2v) is 8.69. The van der Waals surface area contributed by atoms with Crippen LogP contribution in [0.15, 0.2) is 23.0 Å². The van der Waals surface area contributed by atoms with Gasteiger partial charge in [-0.2, -0.15) is 0 Å². The van der Waals surface area contributed by atoms with Gasteiger partial charge in [0.05, 0.1) is 18.7 Å². The Morgan fingerprint density at radius 3 is 2.12 bits per heavy atom. The standard InChI is InChI=1S/C27H43NO4/c1-4-7-10-12-13-14-18-28-24-21-22(31-20-15-11-8-5-2)16-17-23(24)26(25(29)27(28)30)32-19-9-6-3/h16-17,21,29H,4-15,18-20H2,1-3H3. The van der Waals surface area contributed by atoms with Crippen LogP contribution in [0.4, 0.5) is 0 Å². The average molecular weight is 446 g/mol. The first-order chi connectivity index (χ1) is 15.6. The van der Waals surface area contributed by atoms with E-state index in [-0.39, 0.29) is 11.3 Å². The van der Waals surface area contributed by atoms with Crippen LogP contribution in [0.3, 0.4) is 0 Å². The van der Waals surface area contributed by atoms with Crippen molar-refractivity contribution >= 4 is 10.9 Å². The summed E-state index contributed by atoms with van der Waals surface area (Å²) in [4.78, 5) is 13.0. The van der Waals surface area contributed by atoms with Gasteiger partial charge in [0.1, 0.15) is 5.75 Å². The molecule has 0 amide bonds. The van der Waals surface area contributed by atoms with Crippen LogP contribution in [0.2, 0.25) is 0 Å². The van der Waals surface area contributed by atoms with Gasteiger partial charge in [0.2, 0.25) is 5.75 Å². The highest BCUT2D eigenvalue weighted by Gasteiger charge is 2.18. The zero-order chi connectivity index (χ0) is 23.2. The molecule has 0 atom stereocenters. The Labute approximate surface area is 193 Å². The maximum Gasteiger partial charge on any atom is 0.297 e. The Hall–Kier alpha value is -2.17. The zero-order valence-electron chi connectivity index (χ0n) is 20.5. The van der Waals surface area contributed by atoms with Crippen LogP contribution in [0.25, 0.3) is 10.9 Å². The summed E-state index contributed by atoms with van der Waals surface area (Å²) in [5.41, 5.74) is 0.400. The molecule has 32 heavy (non-hydrogen) atoms. The van der Waals surface area contributed by atoms with Crippen LogP contribution < -0.4 is 15.0 Å². The number of hydrogen-bond acceptors (Lipinski definition) is 4. The molecule has 1 aromatic heterocycles. The summed E-state index contributed by atoms with van der Waals surface area (Å²) < 4.78 is 13.5. The van der Waals surface area contributed by atoms with Gasteiger partial charge in [-0.15, -0.1) is 0 Å². The van der Waals surface area contributed by atoms with Gasteiger partial charge < -0.3 is 19.1 Å². The van der Waals surface area contributed by atoms with Gasteiger partial charge >= 0.3 is 0 Å². The fraction of sp³-hybridized carbons (Fsp3) is 0.667. The van der Waals surface area contributed by atoms with Crippen LogP contribution in [-0.2, 0) is 6.54 Å². The third-order valence-electron chi connectivity index (χ3n) is 5.91. The van der Waals surface area contributed by atoms with Gasteiger partial charge in [-0.25, -0.2) is 0 Å². The maximum absolute atomic E-state index is 13.0. The molecule has 5 heteroatoms. The Kier molecular flexibility index (Phi) is 12.1. The van der Waals surface area contributed by atoms with Crippen LogP contribution in [0.1, 0.15) is 97.8 Å². The Bertz CT molecular complexity index is 859. The second kappa shape index (κ2) is 14.8. The zero-order valence-corrected chi connectivity index (χ0v) is 20.5. The Morgan fingerprint density at radius 1 is 0.781 bits per heavy atom. The van der Waals surface area contributed by atoms with Crippen molar-refractivity contribution in [1.29, 1.82) is 0 Å². The van der Waals surface area contributed by atoms with Gasteiger partial charge in [0, 0.05) is 18.0 Å². The van der Waals surface area contributed by atoms with E-state index in [1.165, 1.54) is 38.5 Å². The molecule has 0 fully saturated rings. The first-order valence-electron chi connectivity index (χ1n) is 12.8. The summed E-state index contributed by atoms with van der Waals surface area (Å²) in [6.45, 7) is 8.24. The number of fused-ring (bicyclic) bond motifs is 1. The average Bonchev–Trinajstić information content (AvgIpc) is 2.80. The summed E-state index contributed by atoms with van der Waals surface area (Å²) in [6.07, 6.45) is 13.4. The first kappa shape index (κ1) is 26.1. The van der Waals surface area contributed by atoms with Crippen molar-refractivity contribution in [2.24, 2.45) is 0 Å². The van der Waals surface area contributed by atoms with E-state index in [1.54, 1.807) is 4.57 Å². The van der Waals surface area contributed by atoms with Gasteiger partial charge in [0.15, 0.2) is 5.75 Å². The Balaban J connectivity index is 2.26. The van der Waals surface area contributed by atoms with Crippen molar-refractivity contribution in [2.45, 2.75) is 104 Å². The monoisotopic (exact) mass is 445 g/mol. The highest BCUT2D eigenvalue weighted by molar-refractivity contribution is 5.88. The summed E-state index contributed by atoms with van der Waals surface area (Å²) in [6, 6.07) is 5.75. The molecule has 0 aliphatic rings. The smallest absolute Gasteiger partial charge is 0.297 e. The van der Waals surface area contributed by atoms with E-state index in [2.05, 4.69) is 20.8 Å². The molecule has 1 N–H and O–H groups in total. The number of nitrogens with zero attached hydrogens (tertiary/aromatic N) is 1. The number of unbranched alkanes of at least 4 members (excludes halogenated alkanes) is 9. The van der Waals surface area contributed by atoms with Crippen LogP contribution in [-0.4, -0.2) is 22.9 Å².